The van der Waals surface area contributed by atoms with Crippen LogP contribution in [0.3, 0.4) is 0 Å². The van der Waals surface area contributed by atoms with E-state index in [0.29, 0.717) is 12.5 Å². The first-order valence-electron chi connectivity index (χ1n) is 7.82. The number of hydrogen-bond acceptors (Lipinski definition) is 4. The Hall–Kier alpha value is -1.14. The van der Waals surface area contributed by atoms with Gasteiger partial charge in [0, 0.05) is 19.6 Å². The molecule has 1 amide bonds. The van der Waals surface area contributed by atoms with Crippen molar-refractivity contribution in [1.29, 1.82) is 0 Å². The van der Waals surface area contributed by atoms with Crippen LogP contribution < -0.4 is 16.6 Å². The smallest absolute Gasteiger partial charge is 0.229 e. The van der Waals surface area contributed by atoms with Crippen molar-refractivity contribution in [1.82, 2.24) is 15.8 Å². The van der Waals surface area contributed by atoms with Gasteiger partial charge in [-0.2, -0.15) is 0 Å². The van der Waals surface area contributed by atoms with Gasteiger partial charge in [0.1, 0.15) is 0 Å². The van der Waals surface area contributed by atoms with Crippen LogP contribution in [-0.4, -0.2) is 37.0 Å². The second-order valence-corrected chi connectivity index (χ2v) is 6.02. The zero-order valence-electron chi connectivity index (χ0n) is 12.7. The summed E-state index contributed by atoms with van der Waals surface area (Å²) in [4.78, 5) is 14.8. The van der Waals surface area contributed by atoms with Crippen LogP contribution >= 0.6 is 12.4 Å². The second-order valence-electron chi connectivity index (χ2n) is 6.02. The number of rotatable bonds is 3. The number of likely N-dealkylation sites (tertiary alicyclic amines) is 1. The molecule has 2 heterocycles. The standard InChI is InChI=1S/C16H24N4O.ClH/c17-10-12-6-8-20(9-7-12)16(21)14-11-18-19-15(14)13-4-2-1-3-5-13;/h1-5,12,14-15,18-19H,6-11,17H2;1H. The van der Waals surface area contributed by atoms with Gasteiger partial charge in [0.25, 0.3) is 0 Å². The molecule has 122 valence electrons. The summed E-state index contributed by atoms with van der Waals surface area (Å²) in [5.74, 6) is 0.817. The summed E-state index contributed by atoms with van der Waals surface area (Å²) in [7, 11) is 0. The van der Waals surface area contributed by atoms with E-state index in [-0.39, 0.29) is 30.3 Å². The van der Waals surface area contributed by atoms with Crippen LogP contribution in [0, 0.1) is 11.8 Å². The van der Waals surface area contributed by atoms with Crippen molar-refractivity contribution < 1.29 is 4.79 Å². The van der Waals surface area contributed by atoms with Gasteiger partial charge in [-0.1, -0.05) is 30.3 Å². The summed E-state index contributed by atoms with van der Waals surface area (Å²) in [6.45, 7) is 3.12. The molecule has 0 radical (unpaired) electrons. The van der Waals surface area contributed by atoms with Gasteiger partial charge in [0.05, 0.1) is 12.0 Å². The highest BCUT2D eigenvalue weighted by Crippen LogP contribution is 2.28. The van der Waals surface area contributed by atoms with E-state index in [0.717, 1.165) is 38.0 Å². The molecule has 6 heteroatoms. The Balaban J connectivity index is 0.00000176. The average molecular weight is 325 g/mol. The quantitative estimate of drug-likeness (QED) is 0.778. The lowest BCUT2D eigenvalue weighted by molar-refractivity contribution is -0.136. The fourth-order valence-electron chi connectivity index (χ4n) is 3.33. The fourth-order valence-corrected chi connectivity index (χ4v) is 3.33. The predicted octanol–water partition coefficient (Wildman–Crippen LogP) is 1.07. The Bertz CT molecular complexity index is 476. The molecule has 3 rings (SSSR count). The minimum Gasteiger partial charge on any atom is -0.342 e. The van der Waals surface area contributed by atoms with Crippen LogP contribution in [-0.2, 0) is 4.79 Å². The average Bonchev–Trinajstić information content (AvgIpc) is 3.04. The number of carbonyl (C=O) groups is 1. The van der Waals surface area contributed by atoms with Crippen molar-refractivity contribution in [3.8, 4) is 0 Å². The maximum Gasteiger partial charge on any atom is 0.229 e. The lowest BCUT2D eigenvalue weighted by Crippen LogP contribution is -2.44. The molecular formula is C16H25ClN4O. The molecule has 2 saturated heterocycles. The highest BCUT2D eigenvalue weighted by molar-refractivity contribution is 5.85. The number of hydrogen-bond donors (Lipinski definition) is 3. The van der Waals surface area contributed by atoms with E-state index in [4.69, 9.17) is 5.73 Å². The second kappa shape index (κ2) is 7.92. The summed E-state index contributed by atoms with van der Waals surface area (Å²) >= 11 is 0. The third kappa shape index (κ3) is 3.60. The van der Waals surface area contributed by atoms with E-state index >= 15 is 0 Å². The number of nitrogens with zero attached hydrogens (tertiary/aromatic N) is 1. The zero-order chi connectivity index (χ0) is 14.7. The minimum atomic E-state index is -0.0261. The molecule has 1 aromatic carbocycles. The summed E-state index contributed by atoms with van der Waals surface area (Å²) < 4.78 is 0. The minimum absolute atomic E-state index is 0. The van der Waals surface area contributed by atoms with E-state index in [9.17, 15) is 4.79 Å². The normalized spacial score (nSPS) is 25.8. The molecule has 0 saturated carbocycles. The summed E-state index contributed by atoms with van der Waals surface area (Å²) in [5.41, 5.74) is 13.3. The Morgan fingerprint density at radius 3 is 2.55 bits per heavy atom. The molecule has 0 spiro atoms. The molecule has 2 unspecified atom stereocenters. The first kappa shape index (κ1) is 17.2. The van der Waals surface area contributed by atoms with Crippen molar-refractivity contribution in [2.45, 2.75) is 18.9 Å². The highest BCUT2D eigenvalue weighted by Gasteiger charge is 2.37. The molecule has 0 aliphatic carbocycles. The van der Waals surface area contributed by atoms with Gasteiger partial charge in [0.2, 0.25) is 5.91 Å². The number of piperidine rings is 1. The first-order valence-corrected chi connectivity index (χ1v) is 7.82. The topological polar surface area (TPSA) is 70.4 Å². The van der Waals surface area contributed by atoms with Crippen LogP contribution in [0.4, 0.5) is 0 Å². The van der Waals surface area contributed by atoms with Crippen LogP contribution in [0.1, 0.15) is 24.4 Å². The van der Waals surface area contributed by atoms with E-state index in [1.807, 2.05) is 23.1 Å². The summed E-state index contributed by atoms with van der Waals surface area (Å²) in [5, 5.41) is 0. The number of carbonyl (C=O) groups excluding carboxylic acids is 1. The largest absolute Gasteiger partial charge is 0.342 e. The summed E-state index contributed by atoms with van der Waals surface area (Å²) in [6, 6.07) is 10.2. The molecule has 0 aromatic heterocycles. The first-order chi connectivity index (χ1) is 10.3. The van der Waals surface area contributed by atoms with Gasteiger partial charge in [-0.3, -0.25) is 10.2 Å². The van der Waals surface area contributed by atoms with Crippen molar-refractivity contribution in [3.63, 3.8) is 0 Å². The number of benzene rings is 1. The Morgan fingerprint density at radius 2 is 1.91 bits per heavy atom. The van der Waals surface area contributed by atoms with E-state index in [1.165, 1.54) is 0 Å². The SMILES string of the molecule is Cl.NCC1CCN(C(=O)C2CNNC2c2ccccc2)CC1. The van der Waals surface area contributed by atoms with Crippen molar-refractivity contribution in [2.24, 2.45) is 17.6 Å². The molecule has 5 nitrogen and oxygen atoms in total. The number of nitrogens with two attached hydrogens (primary N) is 1. The zero-order valence-corrected chi connectivity index (χ0v) is 13.5. The molecule has 22 heavy (non-hydrogen) atoms. The molecule has 2 atom stereocenters. The van der Waals surface area contributed by atoms with Crippen molar-refractivity contribution >= 4 is 18.3 Å². The van der Waals surface area contributed by atoms with Gasteiger partial charge in [0.15, 0.2) is 0 Å². The van der Waals surface area contributed by atoms with Crippen LogP contribution in [0.5, 0.6) is 0 Å². The van der Waals surface area contributed by atoms with Crippen molar-refractivity contribution in [2.75, 3.05) is 26.2 Å². The molecule has 4 N–H and O–H groups in total. The Kier molecular flexibility index (Phi) is 6.20. The highest BCUT2D eigenvalue weighted by atomic mass is 35.5. The van der Waals surface area contributed by atoms with Gasteiger partial charge in [-0.15, -0.1) is 12.4 Å². The molecule has 2 fully saturated rings. The summed E-state index contributed by atoms with van der Waals surface area (Å²) in [6.07, 6.45) is 2.07. The number of hydrazine groups is 1. The third-order valence-electron chi connectivity index (χ3n) is 4.72. The van der Waals surface area contributed by atoms with Gasteiger partial charge >= 0.3 is 0 Å². The molecule has 0 bridgehead atoms. The third-order valence-corrected chi connectivity index (χ3v) is 4.72. The van der Waals surface area contributed by atoms with Crippen LogP contribution in [0.2, 0.25) is 0 Å². The van der Waals surface area contributed by atoms with Gasteiger partial charge < -0.3 is 10.6 Å². The van der Waals surface area contributed by atoms with Gasteiger partial charge in [-0.25, -0.2) is 5.43 Å². The number of halogens is 1. The molecule has 1 aromatic rings. The Labute approximate surface area is 138 Å². The molecule has 2 aliphatic heterocycles. The lowest BCUT2D eigenvalue weighted by Gasteiger charge is -2.34. The molecular weight excluding hydrogens is 300 g/mol. The van der Waals surface area contributed by atoms with E-state index < -0.39 is 0 Å². The molecule has 2 aliphatic rings. The predicted molar refractivity (Wildman–Crippen MR) is 89.4 cm³/mol. The van der Waals surface area contributed by atoms with E-state index in [1.54, 1.807) is 0 Å². The van der Waals surface area contributed by atoms with Crippen LogP contribution in [0.25, 0.3) is 0 Å². The number of amides is 1. The Morgan fingerprint density at radius 1 is 1.23 bits per heavy atom. The lowest BCUT2D eigenvalue weighted by atomic mass is 9.91. The number of nitrogens with one attached hydrogen (secondary N) is 2. The fraction of sp³-hybridized carbons (Fsp3) is 0.562. The maximum atomic E-state index is 12.8. The van der Waals surface area contributed by atoms with Crippen LogP contribution in [0.15, 0.2) is 30.3 Å². The van der Waals surface area contributed by atoms with Crippen molar-refractivity contribution in [3.05, 3.63) is 35.9 Å². The maximum absolute atomic E-state index is 12.8. The van der Waals surface area contributed by atoms with Gasteiger partial charge in [-0.05, 0) is 30.9 Å². The monoisotopic (exact) mass is 324 g/mol. The van der Waals surface area contributed by atoms with E-state index in [2.05, 4.69) is 23.0 Å².